The number of ketones is 1. The number of nitrogens with zero attached hydrogens (tertiary/aromatic N) is 1. The molecule has 156 valence electrons. The van der Waals surface area contributed by atoms with Crippen LogP contribution in [0.5, 0.6) is 0 Å². The minimum atomic E-state index is -0.398. The van der Waals surface area contributed by atoms with Crippen molar-refractivity contribution in [2.24, 2.45) is 0 Å². The van der Waals surface area contributed by atoms with Crippen LogP contribution in [0.3, 0.4) is 0 Å². The minimum absolute atomic E-state index is 0.00516. The van der Waals surface area contributed by atoms with Crippen molar-refractivity contribution < 1.29 is 14.0 Å². The molecule has 3 aromatic rings. The summed E-state index contributed by atoms with van der Waals surface area (Å²) >= 11 is 1.55. The third-order valence-corrected chi connectivity index (χ3v) is 6.69. The van der Waals surface area contributed by atoms with E-state index < -0.39 is 5.92 Å². The van der Waals surface area contributed by atoms with E-state index in [2.05, 4.69) is 15.6 Å². The Hall–Kier alpha value is -3.45. The molecule has 5 rings (SSSR count). The van der Waals surface area contributed by atoms with E-state index in [0.29, 0.717) is 29.8 Å². The minimum Gasteiger partial charge on any atom is -0.469 e. The molecule has 0 aromatic carbocycles. The summed E-state index contributed by atoms with van der Waals surface area (Å²) in [6.07, 6.45) is 4.30. The van der Waals surface area contributed by atoms with E-state index in [1.54, 1.807) is 35.9 Å². The Labute approximate surface area is 183 Å². The number of Topliss-reactive ketones (excluding diaryl/α,β-unsaturated/α-hetero) is 1. The van der Waals surface area contributed by atoms with Crippen LogP contribution < -0.4 is 10.6 Å². The predicted molar refractivity (Wildman–Crippen MR) is 118 cm³/mol. The molecule has 0 unspecified atom stereocenters. The van der Waals surface area contributed by atoms with Crippen LogP contribution in [0.1, 0.15) is 42.2 Å². The molecule has 31 heavy (non-hydrogen) atoms. The standard InChI is InChI=1S/C24H21N3O3S/c1-14-21(24(29)27-20-8-2-3-9-25-20)23(19-7-5-11-31-19)22-16(26-14)12-15(13-17(22)28)18-6-4-10-30-18/h2-11,15,23,26H,12-13H2,1H3,(H,25,27,29)/t15-,23+/m1/s1. The zero-order chi connectivity index (χ0) is 21.4. The Morgan fingerprint density at radius 3 is 2.81 bits per heavy atom. The Morgan fingerprint density at radius 2 is 2.10 bits per heavy atom. The highest BCUT2D eigenvalue weighted by molar-refractivity contribution is 7.10. The van der Waals surface area contributed by atoms with Gasteiger partial charge in [-0.25, -0.2) is 4.98 Å². The first-order chi connectivity index (χ1) is 15.1. The van der Waals surface area contributed by atoms with Crippen molar-refractivity contribution in [3.8, 4) is 0 Å². The average Bonchev–Trinajstić information content (AvgIpc) is 3.47. The molecular weight excluding hydrogens is 410 g/mol. The number of nitrogens with one attached hydrogen (secondary N) is 2. The zero-order valence-corrected chi connectivity index (χ0v) is 17.7. The number of hydrogen-bond acceptors (Lipinski definition) is 6. The first kappa shape index (κ1) is 19.5. The van der Waals surface area contributed by atoms with Crippen molar-refractivity contribution in [2.75, 3.05) is 5.32 Å². The third kappa shape index (κ3) is 3.61. The molecule has 0 radical (unpaired) electrons. The van der Waals surface area contributed by atoms with E-state index in [0.717, 1.165) is 22.0 Å². The summed E-state index contributed by atoms with van der Waals surface area (Å²) < 4.78 is 5.57. The van der Waals surface area contributed by atoms with Crippen molar-refractivity contribution in [1.29, 1.82) is 0 Å². The van der Waals surface area contributed by atoms with E-state index in [4.69, 9.17) is 4.42 Å². The maximum Gasteiger partial charge on any atom is 0.255 e. The van der Waals surface area contributed by atoms with Crippen molar-refractivity contribution in [3.63, 3.8) is 0 Å². The van der Waals surface area contributed by atoms with Crippen LogP contribution in [0.15, 0.2) is 87.3 Å². The molecule has 1 aliphatic heterocycles. The van der Waals surface area contributed by atoms with Crippen LogP contribution in [-0.2, 0) is 9.59 Å². The van der Waals surface area contributed by atoms with Crippen molar-refractivity contribution >= 4 is 28.8 Å². The fourth-order valence-corrected chi connectivity index (χ4v) is 5.27. The summed E-state index contributed by atoms with van der Waals surface area (Å²) in [5.74, 6) is 0.679. The lowest BCUT2D eigenvalue weighted by molar-refractivity contribution is -0.116. The van der Waals surface area contributed by atoms with Crippen LogP contribution >= 0.6 is 11.3 Å². The van der Waals surface area contributed by atoms with Crippen molar-refractivity contribution in [3.05, 3.63) is 93.5 Å². The van der Waals surface area contributed by atoms with Crippen LogP contribution in [0.4, 0.5) is 5.82 Å². The van der Waals surface area contributed by atoms with Gasteiger partial charge in [-0.1, -0.05) is 12.1 Å². The van der Waals surface area contributed by atoms with Gasteiger partial charge in [-0.05, 0) is 49.1 Å². The van der Waals surface area contributed by atoms with Gasteiger partial charge in [0.1, 0.15) is 11.6 Å². The topological polar surface area (TPSA) is 84.2 Å². The summed E-state index contributed by atoms with van der Waals surface area (Å²) in [7, 11) is 0. The van der Waals surface area contributed by atoms with Crippen LogP contribution in [-0.4, -0.2) is 16.7 Å². The normalized spacial score (nSPS) is 21.0. The zero-order valence-electron chi connectivity index (χ0n) is 16.9. The Morgan fingerprint density at radius 1 is 1.19 bits per heavy atom. The first-order valence-electron chi connectivity index (χ1n) is 10.1. The van der Waals surface area contributed by atoms with E-state index in [1.165, 1.54) is 0 Å². The molecule has 2 atom stereocenters. The van der Waals surface area contributed by atoms with Gasteiger partial charge in [-0.2, -0.15) is 0 Å². The van der Waals surface area contributed by atoms with Gasteiger partial charge in [0.15, 0.2) is 5.78 Å². The number of thiophene rings is 1. The number of rotatable bonds is 4. The highest BCUT2D eigenvalue weighted by atomic mass is 32.1. The van der Waals surface area contributed by atoms with Gasteiger partial charge in [0.05, 0.1) is 12.2 Å². The van der Waals surface area contributed by atoms with E-state index in [9.17, 15) is 9.59 Å². The Kier molecular flexibility index (Phi) is 5.03. The molecule has 0 fully saturated rings. The van der Waals surface area contributed by atoms with Gasteiger partial charge in [-0.15, -0.1) is 11.3 Å². The monoisotopic (exact) mass is 431 g/mol. The van der Waals surface area contributed by atoms with E-state index in [-0.39, 0.29) is 17.6 Å². The van der Waals surface area contributed by atoms with Crippen LogP contribution in [0.2, 0.25) is 0 Å². The summed E-state index contributed by atoms with van der Waals surface area (Å²) in [4.78, 5) is 31.9. The number of carbonyl (C=O) groups is 2. The van der Waals surface area contributed by atoms with Gasteiger partial charge in [0.25, 0.3) is 5.91 Å². The summed E-state index contributed by atoms with van der Waals surface area (Å²) in [5.41, 5.74) is 2.86. The molecule has 4 heterocycles. The summed E-state index contributed by atoms with van der Waals surface area (Å²) in [6.45, 7) is 1.89. The number of dihydropyridines is 1. The molecule has 7 heteroatoms. The highest BCUT2D eigenvalue weighted by Gasteiger charge is 2.41. The number of hydrogen-bond donors (Lipinski definition) is 2. The Bertz CT molecular complexity index is 1180. The van der Waals surface area contributed by atoms with Gasteiger partial charge in [0, 0.05) is 46.0 Å². The lowest BCUT2D eigenvalue weighted by Gasteiger charge is -2.35. The largest absolute Gasteiger partial charge is 0.469 e. The molecule has 0 saturated carbocycles. The molecule has 6 nitrogen and oxygen atoms in total. The van der Waals surface area contributed by atoms with Crippen molar-refractivity contribution in [1.82, 2.24) is 10.3 Å². The maximum absolute atomic E-state index is 13.4. The maximum atomic E-state index is 13.4. The van der Waals surface area contributed by atoms with Gasteiger partial charge >= 0.3 is 0 Å². The van der Waals surface area contributed by atoms with Gasteiger partial charge in [-0.3, -0.25) is 9.59 Å². The number of carbonyl (C=O) groups excluding carboxylic acids is 2. The predicted octanol–water partition coefficient (Wildman–Crippen LogP) is 4.74. The third-order valence-electron chi connectivity index (χ3n) is 5.75. The fourth-order valence-electron chi connectivity index (χ4n) is 4.43. The SMILES string of the molecule is CC1=C(C(=O)Nc2ccccn2)[C@H](c2cccs2)C2=C(C[C@@H](c3ccco3)CC2=O)N1. The molecule has 0 bridgehead atoms. The molecule has 2 N–H and O–H groups in total. The number of allylic oxidation sites excluding steroid dienone is 3. The number of aromatic nitrogens is 1. The van der Waals surface area contributed by atoms with E-state index >= 15 is 0 Å². The molecule has 2 aliphatic rings. The van der Waals surface area contributed by atoms with E-state index in [1.807, 2.05) is 42.6 Å². The van der Waals surface area contributed by atoms with Crippen LogP contribution in [0, 0.1) is 0 Å². The van der Waals surface area contributed by atoms with Gasteiger partial charge in [0.2, 0.25) is 0 Å². The number of furan rings is 1. The molecule has 3 aromatic heterocycles. The molecular formula is C24H21N3O3S. The number of pyridine rings is 1. The number of anilines is 1. The second-order valence-corrected chi connectivity index (χ2v) is 8.70. The average molecular weight is 432 g/mol. The summed E-state index contributed by atoms with van der Waals surface area (Å²) in [6, 6.07) is 13.1. The highest BCUT2D eigenvalue weighted by Crippen LogP contribution is 2.46. The lowest BCUT2D eigenvalue weighted by Crippen LogP contribution is -2.36. The fraction of sp³-hybridized carbons (Fsp3) is 0.208. The molecule has 0 saturated heterocycles. The Balaban J connectivity index is 1.54. The first-order valence-corrected chi connectivity index (χ1v) is 11.0. The smallest absolute Gasteiger partial charge is 0.255 e. The van der Waals surface area contributed by atoms with Crippen LogP contribution in [0.25, 0.3) is 0 Å². The number of amides is 1. The van der Waals surface area contributed by atoms with Crippen molar-refractivity contribution in [2.45, 2.75) is 31.6 Å². The second-order valence-electron chi connectivity index (χ2n) is 7.72. The molecule has 0 spiro atoms. The quantitative estimate of drug-likeness (QED) is 0.624. The molecule has 1 amide bonds. The summed E-state index contributed by atoms with van der Waals surface area (Å²) in [5, 5.41) is 8.23. The second kappa shape index (κ2) is 8.00. The molecule has 1 aliphatic carbocycles. The van der Waals surface area contributed by atoms with Gasteiger partial charge < -0.3 is 15.1 Å². The lowest BCUT2D eigenvalue weighted by atomic mass is 9.74.